The van der Waals surface area contributed by atoms with Gasteiger partial charge in [-0.2, -0.15) is 0 Å². The van der Waals surface area contributed by atoms with Gasteiger partial charge in [-0.05, 0) is 49.8 Å². The molecule has 6 heteroatoms. The highest BCUT2D eigenvalue weighted by Gasteiger charge is 2.31. The third kappa shape index (κ3) is 2.25. The second-order valence-electron chi connectivity index (χ2n) is 7.16. The van der Waals surface area contributed by atoms with Crippen LogP contribution >= 0.6 is 11.3 Å². The summed E-state index contributed by atoms with van der Waals surface area (Å²) in [6, 6.07) is 8.10. The van der Waals surface area contributed by atoms with Crippen molar-refractivity contribution in [3.8, 4) is 0 Å². The van der Waals surface area contributed by atoms with Gasteiger partial charge in [0.05, 0.1) is 11.7 Å². The zero-order chi connectivity index (χ0) is 17.8. The van der Waals surface area contributed by atoms with Crippen molar-refractivity contribution in [1.29, 1.82) is 0 Å². The number of hydrogen-bond acceptors (Lipinski definition) is 4. The molecule has 5 rings (SSSR count). The van der Waals surface area contributed by atoms with E-state index in [4.69, 9.17) is 0 Å². The molecule has 0 fully saturated rings. The first-order chi connectivity index (χ1) is 12.6. The molecule has 5 nitrogen and oxygen atoms in total. The van der Waals surface area contributed by atoms with Crippen molar-refractivity contribution in [1.82, 2.24) is 9.55 Å². The minimum atomic E-state index is -0.0807. The van der Waals surface area contributed by atoms with E-state index in [9.17, 15) is 9.59 Å². The summed E-state index contributed by atoms with van der Waals surface area (Å²) in [5.41, 5.74) is 3.22. The summed E-state index contributed by atoms with van der Waals surface area (Å²) in [7, 11) is 0. The van der Waals surface area contributed by atoms with Gasteiger partial charge in [0.1, 0.15) is 11.4 Å². The molecule has 1 aromatic carbocycles. The van der Waals surface area contributed by atoms with E-state index in [1.54, 1.807) is 11.3 Å². The van der Waals surface area contributed by atoms with E-state index in [2.05, 4.69) is 11.1 Å². The van der Waals surface area contributed by atoms with Crippen molar-refractivity contribution in [3.63, 3.8) is 0 Å². The fourth-order valence-corrected chi connectivity index (χ4v) is 5.52. The van der Waals surface area contributed by atoms with Gasteiger partial charge >= 0.3 is 0 Å². The zero-order valence-electron chi connectivity index (χ0n) is 14.6. The molecule has 1 amide bonds. The standard InChI is InChI=1S/C20H19N3O2S/c1-12-9-13-5-2-3-7-15(13)23(12)17(24)10-22-11-21-19-18(20(22)25)14-6-4-8-16(14)26-19/h2-3,5,7,11-12H,4,6,8-10H2,1H3. The van der Waals surface area contributed by atoms with Crippen molar-refractivity contribution >= 4 is 33.1 Å². The number of para-hydroxylation sites is 1. The Morgan fingerprint density at radius 3 is 3.04 bits per heavy atom. The number of aryl methyl sites for hydroxylation is 2. The van der Waals surface area contributed by atoms with E-state index in [1.807, 2.05) is 30.0 Å². The molecule has 0 saturated carbocycles. The minimum Gasteiger partial charge on any atom is -0.307 e. The predicted molar refractivity (Wildman–Crippen MR) is 103 cm³/mol. The summed E-state index contributed by atoms with van der Waals surface area (Å²) in [4.78, 5) is 34.4. The van der Waals surface area contributed by atoms with E-state index in [1.165, 1.54) is 21.3 Å². The van der Waals surface area contributed by atoms with Crippen LogP contribution in [0.1, 0.15) is 29.3 Å². The largest absolute Gasteiger partial charge is 0.307 e. The van der Waals surface area contributed by atoms with Gasteiger partial charge < -0.3 is 4.90 Å². The Labute approximate surface area is 154 Å². The zero-order valence-corrected chi connectivity index (χ0v) is 15.4. The van der Waals surface area contributed by atoms with Gasteiger partial charge in [-0.3, -0.25) is 14.2 Å². The van der Waals surface area contributed by atoms with Crippen LogP contribution in [0.2, 0.25) is 0 Å². The third-order valence-electron chi connectivity index (χ3n) is 5.47. The van der Waals surface area contributed by atoms with Gasteiger partial charge in [0.15, 0.2) is 0 Å². The highest BCUT2D eigenvalue weighted by atomic mass is 32.1. The average Bonchev–Trinajstić information content (AvgIpc) is 3.28. The second kappa shape index (κ2) is 5.77. The van der Waals surface area contributed by atoms with Gasteiger partial charge in [-0.25, -0.2) is 4.98 Å². The lowest BCUT2D eigenvalue weighted by Crippen LogP contribution is -2.40. The predicted octanol–water partition coefficient (Wildman–Crippen LogP) is 2.92. The number of carbonyl (C=O) groups excluding carboxylic acids is 1. The van der Waals surface area contributed by atoms with Crippen LogP contribution in [-0.4, -0.2) is 21.5 Å². The summed E-state index contributed by atoms with van der Waals surface area (Å²) in [6.07, 6.45) is 5.47. The monoisotopic (exact) mass is 365 g/mol. The first kappa shape index (κ1) is 15.8. The Bertz CT molecular complexity index is 1100. The van der Waals surface area contributed by atoms with Crippen LogP contribution < -0.4 is 10.5 Å². The average molecular weight is 365 g/mol. The Hall–Kier alpha value is -2.47. The molecular formula is C20H19N3O2S. The summed E-state index contributed by atoms with van der Waals surface area (Å²) >= 11 is 1.62. The Morgan fingerprint density at radius 1 is 1.31 bits per heavy atom. The number of thiophene rings is 1. The maximum atomic E-state index is 13.0. The molecule has 0 radical (unpaired) electrons. The molecule has 0 N–H and O–H groups in total. The van der Waals surface area contributed by atoms with Crippen LogP contribution in [0, 0.1) is 0 Å². The van der Waals surface area contributed by atoms with E-state index in [0.29, 0.717) is 0 Å². The fourth-order valence-electron chi connectivity index (χ4n) is 4.30. The number of rotatable bonds is 2. The fraction of sp³-hybridized carbons (Fsp3) is 0.350. The number of benzene rings is 1. The summed E-state index contributed by atoms with van der Waals surface area (Å²) < 4.78 is 1.48. The third-order valence-corrected chi connectivity index (χ3v) is 6.67. The molecule has 2 aromatic heterocycles. The number of carbonyl (C=O) groups is 1. The summed E-state index contributed by atoms with van der Waals surface area (Å²) in [6.45, 7) is 2.08. The Morgan fingerprint density at radius 2 is 2.15 bits per heavy atom. The molecule has 132 valence electrons. The topological polar surface area (TPSA) is 55.2 Å². The van der Waals surface area contributed by atoms with Crippen molar-refractivity contribution < 1.29 is 4.79 Å². The van der Waals surface area contributed by atoms with Gasteiger partial charge in [-0.15, -0.1) is 11.3 Å². The van der Waals surface area contributed by atoms with Crippen molar-refractivity contribution in [2.75, 3.05) is 4.90 Å². The van der Waals surface area contributed by atoms with Crippen molar-refractivity contribution in [3.05, 3.63) is 57.0 Å². The van der Waals surface area contributed by atoms with Crippen LogP contribution in [0.4, 0.5) is 5.69 Å². The molecule has 0 spiro atoms. The molecule has 2 aliphatic rings. The molecule has 1 aliphatic heterocycles. The maximum absolute atomic E-state index is 13.0. The molecule has 0 bridgehead atoms. The first-order valence-corrected chi connectivity index (χ1v) is 9.85. The molecule has 0 saturated heterocycles. The number of amides is 1. The number of aromatic nitrogens is 2. The smallest absolute Gasteiger partial charge is 0.262 e. The Balaban J connectivity index is 1.51. The molecular weight excluding hydrogens is 346 g/mol. The van der Waals surface area contributed by atoms with Gasteiger partial charge in [0, 0.05) is 16.6 Å². The van der Waals surface area contributed by atoms with Gasteiger partial charge in [-0.1, -0.05) is 18.2 Å². The van der Waals surface area contributed by atoms with Crippen LogP contribution in [-0.2, 0) is 30.6 Å². The number of anilines is 1. The van der Waals surface area contributed by atoms with Crippen molar-refractivity contribution in [2.24, 2.45) is 0 Å². The van der Waals surface area contributed by atoms with Crippen LogP contribution in [0.3, 0.4) is 0 Å². The molecule has 26 heavy (non-hydrogen) atoms. The summed E-state index contributed by atoms with van der Waals surface area (Å²) in [5.74, 6) is -0.0578. The van der Waals surface area contributed by atoms with Crippen LogP contribution in [0.5, 0.6) is 0 Å². The van der Waals surface area contributed by atoms with Gasteiger partial charge in [0.25, 0.3) is 5.56 Å². The number of nitrogens with zero attached hydrogens (tertiary/aromatic N) is 3. The number of hydrogen-bond donors (Lipinski definition) is 0. The molecule has 1 atom stereocenters. The van der Waals surface area contributed by atoms with E-state index < -0.39 is 0 Å². The van der Waals surface area contributed by atoms with E-state index >= 15 is 0 Å². The highest BCUT2D eigenvalue weighted by molar-refractivity contribution is 7.18. The molecule has 1 aliphatic carbocycles. The van der Waals surface area contributed by atoms with E-state index in [-0.39, 0.29) is 24.1 Å². The maximum Gasteiger partial charge on any atom is 0.262 e. The lowest BCUT2D eigenvalue weighted by atomic mass is 10.1. The lowest BCUT2D eigenvalue weighted by molar-refractivity contribution is -0.119. The second-order valence-corrected chi connectivity index (χ2v) is 8.24. The van der Waals surface area contributed by atoms with Crippen molar-refractivity contribution in [2.45, 2.75) is 45.2 Å². The molecule has 3 heterocycles. The molecule has 3 aromatic rings. The Kier molecular flexibility index (Phi) is 3.50. The number of fused-ring (bicyclic) bond motifs is 4. The lowest BCUT2D eigenvalue weighted by Gasteiger charge is -2.23. The van der Waals surface area contributed by atoms with Crippen LogP contribution in [0.15, 0.2) is 35.4 Å². The summed E-state index contributed by atoms with van der Waals surface area (Å²) in [5, 5.41) is 0.729. The molecule has 1 unspecified atom stereocenters. The minimum absolute atomic E-state index is 0.0328. The normalized spacial score (nSPS) is 18.3. The quantitative estimate of drug-likeness (QED) is 0.702. The SMILES string of the molecule is CC1Cc2ccccc2N1C(=O)Cn1cnc2sc3c(c2c1=O)CCC3. The van der Waals surface area contributed by atoms with Gasteiger partial charge in [0.2, 0.25) is 5.91 Å². The van der Waals surface area contributed by atoms with Crippen LogP contribution in [0.25, 0.3) is 10.2 Å². The first-order valence-electron chi connectivity index (χ1n) is 9.03. The highest BCUT2D eigenvalue weighted by Crippen LogP contribution is 2.34. The van der Waals surface area contributed by atoms with E-state index in [0.717, 1.165) is 47.2 Å².